The Kier molecular flexibility index (Phi) is 5.80. The Morgan fingerprint density at radius 1 is 1.20 bits per heavy atom. The van der Waals surface area contributed by atoms with Crippen LogP contribution in [0.2, 0.25) is 0 Å². The number of ether oxygens (including phenoxy) is 1. The third-order valence-electron chi connectivity index (χ3n) is 5.56. The van der Waals surface area contributed by atoms with E-state index in [1.165, 1.54) is 0 Å². The van der Waals surface area contributed by atoms with Crippen LogP contribution in [0.3, 0.4) is 0 Å². The summed E-state index contributed by atoms with van der Waals surface area (Å²) >= 11 is 1.80. The lowest BCUT2D eigenvalue weighted by Crippen LogP contribution is -2.38. The number of morpholine rings is 1. The van der Waals surface area contributed by atoms with Crippen LogP contribution in [0.1, 0.15) is 37.4 Å². The second kappa shape index (κ2) is 8.22. The molecule has 162 valence electrons. The molecule has 0 radical (unpaired) electrons. The fourth-order valence-corrected chi connectivity index (χ4v) is 5.25. The first-order chi connectivity index (χ1) is 14.3. The molecular formula is C20H24F3N5OS. The van der Waals surface area contributed by atoms with E-state index in [2.05, 4.69) is 16.9 Å². The maximum Gasteiger partial charge on any atom is 0.417 e. The number of hydrogen-bond acceptors (Lipinski definition) is 7. The van der Waals surface area contributed by atoms with E-state index >= 15 is 0 Å². The van der Waals surface area contributed by atoms with Crippen LogP contribution in [0, 0.1) is 0 Å². The van der Waals surface area contributed by atoms with E-state index in [0.29, 0.717) is 32.3 Å². The Morgan fingerprint density at radius 3 is 2.53 bits per heavy atom. The number of anilines is 2. The van der Waals surface area contributed by atoms with Crippen molar-refractivity contribution in [1.29, 1.82) is 0 Å². The predicted octanol–water partition coefficient (Wildman–Crippen LogP) is 4.11. The third kappa shape index (κ3) is 4.07. The van der Waals surface area contributed by atoms with Crippen molar-refractivity contribution in [3.63, 3.8) is 0 Å². The largest absolute Gasteiger partial charge is 0.417 e. The molecule has 4 rings (SSSR count). The van der Waals surface area contributed by atoms with E-state index in [0.717, 1.165) is 43.0 Å². The lowest BCUT2D eigenvalue weighted by atomic mass is 9.81. The SMILES string of the molecule is CCSC1(c2cc(-c3cnc(N)cc3C(F)(F)F)nc(N3CCOCC3)n2)CCC1. The summed E-state index contributed by atoms with van der Waals surface area (Å²) in [6.45, 7) is 4.36. The summed E-state index contributed by atoms with van der Waals surface area (Å²) in [6.07, 6.45) is -0.416. The average Bonchev–Trinajstić information content (AvgIpc) is 2.70. The average molecular weight is 440 g/mol. The highest BCUT2D eigenvalue weighted by molar-refractivity contribution is 8.00. The Morgan fingerprint density at radius 2 is 1.93 bits per heavy atom. The second-order valence-electron chi connectivity index (χ2n) is 7.47. The highest BCUT2D eigenvalue weighted by Gasteiger charge is 2.42. The van der Waals surface area contributed by atoms with Gasteiger partial charge < -0.3 is 15.4 Å². The Balaban J connectivity index is 1.87. The molecule has 2 N–H and O–H groups in total. The van der Waals surface area contributed by atoms with Crippen molar-refractivity contribution in [3.05, 3.63) is 29.6 Å². The van der Waals surface area contributed by atoms with Crippen LogP contribution in [0.4, 0.5) is 24.9 Å². The highest BCUT2D eigenvalue weighted by Crippen LogP contribution is 2.52. The van der Waals surface area contributed by atoms with Crippen LogP contribution in [0.15, 0.2) is 18.3 Å². The van der Waals surface area contributed by atoms with Gasteiger partial charge in [-0.2, -0.15) is 13.2 Å². The van der Waals surface area contributed by atoms with Crippen LogP contribution in [0.25, 0.3) is 11.3 Å². The Bertz CT molecular complexity index is 914. The summed E-state index contributed by atoms with van der Waals surface area (Å²) in [7, 11) is 0. The first-order valence-electron chi connectivity index (χ1n) is 10.0. The topological polar surface area (TPSA) is 77.2 Å². The summed E-state index contributed by atoms with van der Waals surface area (Å²) in [5, 5.41) is 0. The predicted molar refractivity (Wildman–Crippen MR) is 111 cm³/mol. The number of nitrogen functional groups attached to an aromatic ring is 1. The zero-order valence-electron chi connectivity index (χ0n) is 16.7. The van der Waals surface area contributed by atoms with E-state index in [-0.39, 0.29) is 21.8 Å². The van der Waals surface area contributed by atoms with Gasteiger partial charge in [-0.05, 0) is 37.1 Å². The molecule has 1 aliphatic heterocycles. The minimum atomic E-state index is -4.57. The fourth-order valence-electron chi connectivity index (χ4n) is 3.87. The van der Waals surface area contributed by atoms with E-state index in [1.54, 1.807) is 17.8 Å². The van der Waals surface area contributed by atoms with Gasteiger partial charge in [0.05, 0.1) is 34.9 Å². The molecule has 30 heavy (non-hydrogen) atoms. The summed E-state index contributed by atoms with van der Waals surface area (Å²) < 4.78 is 46.5. The van der Waals surface area contributed by atoms with Crippen molar-refractivity contribution < 1.29 is 17.9 Å². The van der Waals surface area contributed by atoms with Crippen molar-refractivity contribution in [2.24, 2.45) is 0 Å². The lowest BCUT2D eigenvalue weighted by Gasteiger charge is -2.41. The molecule has 0 unspecified atom stereocenters. The number of aromatic nitrogens is 3. The van der Waals surface area contributed by atoms with Gasteiger partial charge in [0, 0.05) is 24.8 Å². The third-order valence-corrected chi connectivity index (χ3v) is 7.02. The minimum Gasteiger partial charge on any atom is -0.384 e. The number of rotatable bonds is 5. The van der Waals surface area contributed by atoms with Gasteiger partial charge in [-0.1, -0.05) is 6.92 Å². The zero-order valence-corrected chi connectivity index (χ0v) is 17.5. The molecule has 1 saturated carbocycles. The molecule has 1 aliphatic carbocycles. The number of thioether (sulfide) groups is 1. The van der Waals surface area contributed by atoms with Crippen LogP contribution >= 0.6 is 11.8 Å². The molecule has 0 spiro atoms. The summed E-state index contributed by atoms with van der Waals surface area (Å²) in [5.41, 5.74) is 5.65. The first-order valence-corrected chi connectivity index (χ1v) is 11.0. The zero-order chi connectivity index (χ0) is 21.4. The normalized spacial score (nSPS) is 18.9. The van der Waals surface area contributed by atoms with Crippen molar-refractivity contribution in [2.45, 2.75) is 37.1 Å². The van der Waals surface area contributed by atoms with Gasteiger partial charge in [0.25, 0.3) is 0 Å². The minimum absolute atomic E-state index is 0.0779. The molecule has 0 bridgehead atoms. The molecule has 2 aromatic heterocycles. The van der Waals surface area contributed by atoms with Gasteiger partial charge in [0.1, 0.15) is 5.82 Å². The molecular weight excluding hydrogens is 415 g/mol. The van der Waals surface area contributed by atoms with Gasteiger partial charge in [-0.25, -0.2) is 15.0 Å². The first kappa shape index (κ1) is 21.2. The number of halogens is 3. The van der Waals surface area contributed by atoms with Gasteiger partial charge in [-0.3, -0.25) is 0 Å². The maximum atomic E-state index is 13.7. The summed E-state index contributed by atoms with van der Waals surface area (Å²) in [6, 6.07) is 2.57. The fraction of sp³-hybridized carbons (Fsp3) is 0.550. The molecule has 0 amide bonds. The van der Waals surface area contributed by atoms with E-state index in [9.17, 15) is 13.2 Å². The second-order valence-corrected chi connectivity index (χ2v) is 9.12. The molecule has 6 nitrogen and oxygen atoms in total. The molecule has 10 heteroatoms. The Hall–Kier alpha value is -2.07. The molecule has 2 aromatic rings. The maximum absolute atomic E-state index is 13.7. The molecule has 2 aliphatic rings. The molecule has 0 atom stereocenters. The van der Waals surface area contributed by atoms with Crippen molar-refractivity contribution in [3.8, 4) is 11.3 Å². The van der Waals surface area contributed by atoms with Crippen LogP contribution in [-0.2, 0) is 15.7 Å². The molecule has 0 aromatic carbocycles. The number of pyridine rings is 1. The smallest absolute Gasteiger partial charge is 0.384 e. The van der Waals surface area contributed by atoms with Gasteiger partial charge >= 0.3 is 6.18 Å². The van der Waals surface area contributed by atoms with Crippen molar-refractivity contribution in [2.75, 3.05) is 42.7 Å². The standard InChI is InChI=1S/C20H24F3N5OS/c1-2-30-19(4-3-5-19)16-11-15(26-18(27-16)28-6-8-29-9-7-28)13-12-25-17(24)10-14(13)20(21,22)23/h10-12H,2-9H2,1H3,(H2,24,25). The lowest BCUT2D eigenvalue weighted by molar-refractivity contribution is -0.137. The van der Waals surface area contributed by atoms with Crippen LogP contribution in [0.5, 0.6) is 0 Å². The van der Waals surface area contributed by atoms with E-state index < -0.39 is 11.7 Å². The van der Waals surface area contributed by atoms with Gasteiger partial charge in [-0.15, -0.1) is 11.8 Å². The monoisotopic (exact) mass is 439 g/mol. The van der Waals surface area contributed by atoms with Crippen LogP contribution in [-0.4, -0.2) is 47.0 Å². The van der Waals surface area contributed by atoms with E-state index in [1.807, 2.05) is 4.90 Å². The molecule has 3 heterocycles. The van der Waals surface area contributed by atoms with Crippen molar-refractivity contribution in [1.82, 2.24) is 15.0 Å². The van der Waals surface area contributed by atoms with Gasteiger partial charge in [0.2, 0.25) is 5.95 Å². The van der Waals surface area contributed by atoms with E-state index in [4.69, 9.17) is 15.5 Å². The van der Waals surface area contributed by atoms with Gasteiger partial charge in [0.15, 0.2) is 0 Å². The quantitative estimate of drug-likeness (QED) is 0.751. The van der Waals surface area contributed by atoms with Crippen LogP contribution < -0.4 is 10.6 Å². The number of alkyl halides is 3. The number of nitrogens with two attached hydrogens (primary N) is 1. The molecule has 1 saturated heterocycles. The number of hydrogen-bond donors (Lipinski definition) is 1. The highest BCUT2D eigenvalue weighted by atomic mass is 32.2. The molecule has 2 fully saturated rings. The van der Waals surface area contributed by atoms with Crippen molar-refractivity contribution >= 4 is 23.5 Å². The Labute approximate surface area is 177 Å². The number of nitrogens with zero attached hydrogens (tertiary/aromatic N) is 4. The summed E-state index contributed by atoms with van der Waals surface area (Å²) in [4.78, 5) is 15.2. The summed E-state index contributed by atoms with van der Waals surface area (Å²) in [5.74, 6) is 1.17.